The van der Waals surface area contributed by atoms with Crippen molar-refractivity contribution < 1.29 is 24.3 Å². The third-order valence-electron chi connectivity index (χ3n) is 10.7. The highest BCUT2D eigenvalue weighted by Crippen LogP contribution is 2.64. The normalized spacial score (nSPS) is 28.1. The molecule has 2 aliphatic heterocycles. The zero-order chi connectivity index (χ0) is 32.4. The molecule has 0 bridgehead atoms. The predicted octanol–water partition coefficient (Wildman–Crippen LogP) is 5.89. The maximum atomic E-state index is 15.1. The van der Waals surface area contributed by atoms with E-state index in [0.717, 1.165) is 16.1 Å². The van der Waals surface area contributed by atoms with Gasteiger partial charge in [0.2, 0.25) is 11.8 Å². The number of carbonyl (C=O) groups is 4. The zero-order valence-electron chi connectivity index (χ0n) is 25.7. The lowest BCUT2D eigenvalue weighted by Crippen LogP contribution is -2.53. The van der Waals surface area contributed by atoms with Crippen LogP contribution in [0.5, 0.6) is 5.75 Å². The lowest BCUT2D eigenvalue weighted by atomic mass is 9.49. The largest absolute Gasteiger partial charge is 0.508 e. The Morgan fingerprint density at radius 3 is 2.11 bits per heavy atom. The minimum Gasteiger partial charge on any atom is -0.508 e. The van der Waals surface area contributed by atoms with Crippen molar-refractivity contribution in [3.8, 4) is 5.75 Å². The van der Waals surface area contributed by atoms with Crippen molar-refractivity contribution in [1.29, 1.82) is 0 Å². The van der Waals surface area contributed by atoms with Gasteiger partial charge in [-0.25, -0.2) is 0 Å². The van der Waals surface area contributed by atoms with Gasteiger partial charge in [-0.2, -0.15) is 5.01 Å². The third kappa shape index (κ3) is 4.13. The molecule has 6 unspecified atom stereocenters. The Morgan fingerprint density at radius 1 is 0.745 bits per heavy atom. The van der Waals surface area contributed by atoms with Crippen LogP contribution in [0.15, 0.2) is 121 Å². The number of anilines is 2. The minimum absolute atomic E-state index is 0.000147. The van der Waals surface area contributed by atoms with Gasteiger partial charge in [-0.3, -0.25) is 29.5 Å². The van der Waals surface area contributed by atoms with Crippen molar-refractivity contribution >= 4 is 35.0 Å². The molecular formula is C39H33N3O5. The molecule has 0 radical (unpaired) electrons. The number of imide groups is 2. The number of benzene rings is 4. The first-order chi connectivity index (χ1) is 22.8. The summed E-state index contributed by atoms with van der Waals surface area (Å²) in [5, 5.41) is 12.5. The number of allylic oxidation sites excluding steroid dienone is 2. The quantitative estimate of drug-likeness (QED) is 0.212. The highest BCUT2D eigenvalue weighted by molar-refractivity contribution is 6.22. The average Bonchev–Trinajstić information content (AvgIpc) is 3.48. The topological polar surface area (TPSA) is 107 Å². The van der Waals surface area contributed by atoms with E-state index in [-0.39, 0.29) is 24.0 Å². The molecule has 0 aromatic heterocycles. The average molecular weight is 624 g/mol. The molecule has 8 nitrogen and oxygen atoms in total. The molecule has 4 aromatic carbocycles. The second kappa shape index (κ2) is 10.8. The number of nitrogens with one attached hydrogen (secondary N) is 1. The lowest BCUT2D eigenvalue weighted by Gasteiger charge is -2.50. The summed E-state index contributed by atoms with van der Waals surface area (Å²) in [6.45, 7) is 1.96. The fourth-order valence-corrected chi connectivity index (χ4v) is 8.65. The van der Waals surface area contributed by atoms with Crippen molar-refractivity contribution in [2.75, 3.05) is 10.3 Å². The van der Waals surface area contributed by atoms with E-state index in [1.54, 1.807) is 42.5 Å². The molecule has 4 amide bonds. The van der Waals surface area contributed by atoms with Gasteiger partial charge in [0.15, 0.2) is 0 Å². The Hall–Kier alpha value is -5.50. The fraction of sp³-hybridized carbons (Fsp3) is 0.231. The number of para-hydroxylation sites is 2. The number of aromatic hydroxyl groups is 1. The number of hydrazine groups is 1. The SMILES string of the molecule is Cc1ccc(NN2C(=O)C3CC4C(=CCC5C(=O)N(c6ccccc6)C(=O)C54)C(c4ccccc4O)C3(c3ccccc3)C2=O)cc1. The predicted molar refractivity (Wildman–Crippen MR) is 176 cm³/mol. The summed E-state index contributed by atoms with van der Waals surface area (Å²) in [6, 6.07) is 32.6. The van der Waals surface area contributed by atoms with Crippen molar-refractivity contribution in [2.24, 2.45) is 23.7 Å². The maximum absolute atomic E-state index is 15.1. The molecule has 2 heterocycles. The summed E-state index contributed by atoms with van der Waals surface area (Å²) in [5.74, 6) is -4.81. The van der Waals surface area contributed by atoms with Crippen LogP contribution in [0.4, 0.5) is 11.4 Å². The molecule has 47 heavy (non-hydrogen) atoms. The molecule has 0 spiro atoms. The van der Waals surface area contributed by atoms with Crippen molar-refractivity contribution in [3.05, 3.63) is 138 Å². The summed E-state index contributed by atoms with van der Waals surface area (Å²) in [4.78, 5) is 59.2. The second-order valence-corrected chi connectivity index (χ2v) is 13.0. The Balaban J connectivity index is 1.32. The van der Waals surface area contributed by atoms with Crippen LogP contribution in [0.2, 0.25) is 0 Å². The van der Waals surface area contributed by atoms with Crippen LogP contribution in [0.25, 0.3) is 0 Å². The molecule has 1 saturated carbocycles. The number of carbonyl (C=O) groups excluding carboxylic acids is 4. The van der Waals surface area contributed by atoms with Crippen LogP contribution >= 0.6 is 0 Å². The van der Waals surface area contributed by atoms with Crippen molar-refractivity contribution in [1.82, 2.24) is 5.01 Å². The van der Waals surface area contributed by atoms with Crippen molar-refractivity contribution in [3.63, 3.8) is 0 Å². The van der Waals surface area contributed by atoms with Crippen LogP contribution in [-0.2, 0) is 24.6 Å². The van der Waals surface area contributed by atoms with Crippen LogP contribution in [0.1, 0.15) is 35.4 Å². The summed E-state index contributed by atoms with van der Waals surface area (Å²) in [7, 11) is 0. The summed E-state index contributed by atoms with van der Waals surface area (Å²) >= 11 is 0. The summed E-state index contributed by atoms with van der Waals surface area (Å²) < 4.78 is 0. The van der Waals surface area contributed by atoms with Crippen LogP contribution < -0.4 is 10.3 Å². The van der Waals surface area contributed by atoms with Gasteiger partial charge in [0, 0.05) is 11.5 Å². The first kappa shape index (κ1) is 28.9. The molecule has 4 aliphatic rings. The number of nitrogens with zero attached hydrogens (tertiary/aromatic N) is 2. The number of aryl methyl sites for hydroxylation is 1. The third-order valence-corrected chi connectivity index (χ3v) is 10.7. The summed E-state index contributed by atoms with van der Waals surface area (Å²) in [6.07, 6.45) is 2.51. The van der Waals surface area contributed by atoms with E-state index in [2.05, 4.69) is 5.43 Å². The second-order valence-electron chi connectivity index (χ2n) is 13.0. The number of amides is 4. The molecule has 8 heteroatoms. The van der Waals surface area contributed by atoms with Gasteiger partial charge in [0.05, 0.1) is 34.5 Å². The Labute approximate surface area is 272 Å². The Morgan fingerprint density at radius 2 is 1.40 bits per heavy atom. The highest BCUT2D eigenvalue weighted by atomic mass is 16.3. The van der Waals surface area contributed by atoms with Crippen LogP contribution in [0.3, 0.4) is 0 Å². The molecule has 234 valence electrons. The Bertz CT molecular complexity index is 1960. The molecule has 2 N–H and O–H groups in total. The molecule has 6 atom stereocenters. The molecule has 2 aliphatic carbocycles. The number of hydrogen-bond donors (Lipinski definition) is 2. The van der Waals surface area contributed by atoms with Gasteiger partial charge >= 0.3 is 0 Å². The van der Waals surface area contributed by atoms with E-state index < -0.39 is 46.8 Å². The molecule has 8 rings (SSSR count). The lowest BCUT2D eigenvalue weighted by molar-refractivity contribution is -0.138. The van der Waals surface area contributed by atoms with Gasteiger partial charge in [-0.15, -0.1) is 0 Å². The van der Waals surface area contributed by atoms with Crippen LogP contribution in [0, 0.1) is 30.6 Å². The van der Waals surface area contributed by atoms with Crippen LogP contribution in [-0.4, -0.2) is 33.7 Å². The first-order valence-electron chi connectivity index (χ1n) is 16.0. The summed E-state index contributed by atoms with van der Waals surface area (Å²) in [5.41, 5.74) is 5.79. The number of phenolic OH excluding ortho intramolecular Hbond substituents is 1. The molecular weight excluding hydrogens is 590 g/mol. The van der Waals surface area contributed by atoms with Gasteiger partial charge in [0.25, 0.3) is 11.8 Å². The first-order valence-corrected chi connectivity index (χ1v) is 16.0. The van der Waals surface area contributed by atoms with Gasteiger partial charge in [0.1, 0.15) is 5.75 Å². The fourth-order valence-electron chi connectivity index (χ4n) is 8.65. The molecule has 3 fully saturated rings. The monoisotopic (exact) mass is 623 g/mol. The molecule has 4 aromatic rings. The number of rotatable bonds is 5. The van der Waals surface area contributed by atoms with Gasteiger partial charge in [-0.1, -0.05) is 96.1 Å². The van der Waals surface area contributed by atoms with Gasteiger partial charge in [-0.05, 0) is 61.6 Å². The standard InChI is InChI=1S/C39H33N3O5/c1-23-16-18-25(19-17-23)40-42-36(45)31-22-30-27(20-21-29-33(30)37(46)41(35(29)44)26-12-6-3-7-13-26)34(28-14-8-9-15-32(28)43)39(31,38(42)47)24-10-4-2-5-11-24/h2-20,29-31,33-34,40,43H,21-22H2,1H3. The van der Waals surface area contributed by atoms with E-state index >= 15 is 4.79 Å². The highest BCUT2D eigenvalue weighted by Gasteiger charge is 2.70. The number of fused-ring (bicyclic) bond motifs is 4. The van der Waals surface area contributed by atoms with E-state index in [1.807, 2.05) is 79.7 Å². The minimum atomic E-state index is -1.42. The number of phenols is 1. The van der Waals surface area contributed by atoms with E-state index in [0.29, 0.717) is 28.9 Å². The zero-order valence-corrected chi connectivity index (χ0v) is 25.7. The molecule has 2 saturated heterocycles. The van der Waals surface area contributed by atoms with E-state index in [9.17, 15) is 19.5 Å². The van der Waals surface area contributed by atoms with Gasteiger partial charge < -0.3 is 5.11 Å². The maximum Gasteiger partial charge on any atom is 0.260 e. The van der Waals surface area contributed by atoms with E-state index in [4.69, 9.17) is 0 Å². The van der Waals surface area contributed by atoms with E-state index in [1.165, 1.54) is 4.90 Å². The number of hydrogen-bond acceptors (Lipinski definition) is 6. The Kier molecular flexibility index (Phi) is 6.65. The van der Waals surface area contributed by atoms with Crippen molar-refractivity contribution in [2.45, 2.75) is 31.1 Å². The smallest absolute Gasteiger partial charge is 0.260 e.